The average molecular weight is 455 g/mol. The van der Waals surface area contributed by atoms with Crippen LogP contribution in [0.25, 0.3) is 22.4 Å². The summed E-state index contributed by atoms with van der Waals surface area (Å²) in [5.41, 5.74) is 5.21. The zero-order valence-electron chi connectivity index (χ0n) is 18.6. The first kappa shape index (κ1) is 21.2. The molecule has 5 rings (SSSR count). The number of rotatable bonds is 5. The van der Waals surface area contributed by atoms with Gasteiger partial charge in [-0.1, -0.05) is 65.9 Å². The minimum absolute atomic E-state index is 0.0175. The van der Waals surface area contributed by atoms with Crippen LogP contribution < -0.4 is 5.56 Å². The van der Waals surface area contributed by atoms with Gasteiger partial charge >= 0.3 is 0 Å². The van der Waals surface area contributed by atoms with E-state index < -0.39 is 0 Å². The Kier molecular flexibility index (Phi) is 5.34. The van der Waals surface area contributed by atoms with Gasteiger partial charge in [-0.15, -0.1) is 10.2 Å². The number of thioether (sulfide) groups is 1. The van der Waals surface area contributed by atoms with E-state index in [-0.39, 0.29) is 17.1 Å². The molecule has 5 aromatic rings. The summed E-state index contributed by atoms with van der Waals surface area (Å²) in [6, 6.07) is 20.8. The topological polar surface area (TPSA) is 69.3 Å². The molecular weight excluding hydrogens is 432 g/mol. The third kappa shape index (κ3) is 3.64. The number of nitrogens with zero attached hydrogens (tertiary/aromatic N) is 4. The zero-order valence-corrected chi connectivity index (χ0v) is 19.4. The number of carbonyl (C=O) groups is 1. The number of aromatic nitrogens is 4. The maximum atomic E-state index is 13.5. The Labute approximate surface area is 194 Å². The normalized spacial score (nSPS) is 11.4. The summed E-state index contributed by atoms with van der Waals surface area (Å²) in [4.78, 5) is 26.3. The van der Waals surface area contributed by atoms with E-state index >= 15 is 0 Å². The van der Waals surface area contributed by atoms with Crippen LogP contribution in [-0.4, -0.2) is 30.7 Å². The van der Waals surface area contributed by atoms with Crippen LogP contribution in [0.5, 0.6) is 0 Å². The number of fused-ring (bicyclic) bond motifs is 3. The summed E-state index contributed by atoms with van der Waals surface area (Å²) in [7, 11) is 0. The van der Waals surface area contributed by atoms with Gasteiger partial charge in [-0.25, -0.2) is 4.57 Å². The van der Waals surface area contributed by atoms with Gasteiger partial charge in [0, 0.05) is 5.56 Å². The minimum Gasteiger partial charge on any atom is -0.293 e. The summed E-state index contributed by atoms with van der Waals surface area (Å²) in [5, 5.41) is 9.89. The summed E-state index contributed by atoms with van der Waals surface area (Å²) >= 11 is 1.32. The maximum Gasteiger partial charge on any atom is 0.267 e. The Morgan fingerprint density at radius 2 is 1.67 bits per heavy atom. The van der Waals surface area contributed by atoms with Gasteiger partial charge in [0.2, 0.25) is 5.78 Å². The van der Waals surface area contributed by atoms with Crippen molar-refractivity contribution in [1.82, 2.24) is 19.2 Å². The molecule has 2 aromatic heterocycles. The molecule has 0 saturated carbocycles. The summed E-state index contributed by atoms with van der Waals surface area (Å²) in [6.45, 7) is 6.00. The monoisotopic (exact) mass is 454 g/mol. The number of para-hydroxylation sites is 1. The van der Waals surface area contributed by atoms with Crippen LogP contribution in [0.3, 0.4) is 0 Å². The molecule has 0 unspecified atom stereocenters. The number of ketones is 1. The maximum absolute atomic E-state index is 13.5. The number of aryl methyl sites for hydroxylation is 2. The SMILES string of the molecule is Cc1ccc(C(=O)CSc2nnc3n(-c4cccc(C)c4C)c(=O)c4ccccc4n23)cc1. The van der Waals surface area contributed by atoms with E-state index in [0.29, 0.717) is 27.4 Å². The fourth-order valence-electron chi connectivity index (χ4n) is 3.92. The molecule has 0 radical (unpaired) electrons. The van der Waals surface area contributed by atoms with Gasteiger partial charge in [-0.2, -0.15) is 0 Å². The quantitative estimate of drug-likeness (QED) is 0.278. The molecule has 2 heterocycles. The molecule has 33 heavy (non-hydrogen) atoms. The van der Waals surface area contributed by atoms with Crippen LogP contribution in [0.15, 0.2) is 76.7 Å². The summed E-state index contributed by atoms with van der Waals surface area (Å²) < 4.78 is 3.48. The first-order chi connectivity index (χ1) is 16.0. The molecule has 6 nitrogen and oxygen atoms in total. The van der Waals surface area contributed by atoms with E-state index in [0.717, 1.165) is 22.4 Å². The van der Waals surface area contributed by atoms with Crippen LogP contribution >= 0.6 is 11.8 Å². The smallest absolute Gasteiger partial charge is 0.267 e. The largest absolute Gasteiger partial charge is 0.293 e. The van der Waals surface area contributed by atoms with Crippen molar-refractivity contribution in [2.24, 2.45) is 0 Å². The molecule has 7 heteroatoms. The van der Waals surface area contributed by atoms with E-state index in [1.54, 1.807) is 4.57 Å². The highest BCUT2D eigenvalue weighted by Crippen LogP contribution is 2.25. The van der Waals surface area contributed by atoms with Crippen molar-refractivity contribution in [1.29, 1.82) is 0 Å². The number of hydrogen-bond donors (Lipinski definition) is 0. The molecule has 0 aliphatic carbocycles. The van der Waals surface area contributed by atoms with Crippen molar-refractivity contribution >= 4 is 34.2 Å². The number of hydrogen-bond acceptors (Lipinski definition) is 5. The molecule has 0 amide bonds. The number of benzene rings is 3. The van der Waals surface area contributed by atoms with Crippen LogP contribution in [0.1, 0.15) is 27.0 Å². The predicted octanol–water partition coefficient (Wildman–Crippen LogP) is 4.93. The highest BCUT2D eigenvalue weighted by molar-refractivity contribution is 7.99. The van der Waals surface area contributed by atoms with Crippen LogP contribution in [0, 0.1) is 20.8 Å². The Hall–Kier alpha value is -3.71. The zero-order chi connectivity index (χ0) is 23.1. The average Bonchev–Trinajstić information content (AvgIpc) is 3.24. The van der Waals surface area contributed by atoms with Gasteiger partial charge in [0.15, 0.2) is 10.9 Å². The molecule has 0 N–H and O–H groups in total. The first-order valence-electron chi connectivity index (χ1n) is 10.6. The molecule has 0 saturated heterocycles. The Morgan fingerprint density at radius 3 is 2.45 bits per heavy atom. The highest BCUT2D eigenvalue weighted by atomic mass is 32.2. The lowest BCUT2D eigenvalue weighted by molar-refractivity contribution is 0.102. The second-order valence-corrected chi connectivity index (χ2v) is 9.02. The van der Waals surface area contributed by atoms with Crippen molar-refractivity contribution in [3.8, 4) is 5.69 Å². The summed E-state index contributed by atoms with van der Waals surface area (Å²) in [5.74, 6) is 0.669. The van der Waals surface area contributed by atoms with Crippen molar-refractivity contribution in [2.75, 3.05) is 5.75 Å². The van der Waals surface area contributed by atoms with Gasteiger partial charge < -0.3 is 0 Å². The third-order valence-corrected chi connectivity index (χ3v) is 6.85. The third-order valence-electron chi connectivity index (χ3n) is 5.92. The van der Waals surface area contributed by atoms with Gasteiger partial charge in [-0.05, 0) is 50.1 Å². The molecule has 0 fully saturated rings. The second-order valence-electron chi connectivity index (χ2n) is 8.07. The minimum atomic E-state index is -0.147. The molecule has 3 aromatic carbocycles. The van der Waals surface area contributed by atoms with Gasteiger partial charge in [0.05, 0.1) is 22.3 Å². The van der Waals surface area contributed by atoms with Crippen molar-refractivity contribution in [3.05, 3.63) is 99.3 Å². The lowest BCUT2D eigenvalue weighted by atomic mass is 10.1. The lowest BCUT2D eigenvalue weighted by Gasteiger charge is -2.14. The Morgan fingerprint density at radius 1 is 0.909 bits per heavy atom. The van der Waals surface area contributed by atoms with E-state index in [2.05, 4.69) is 10.2 Å². The van der Waals surface area contributed by atoms with Gasteiger partial charge in [-0.3, -0.25) is 14.0 Å². The van der Waals surface area contributed by atoms with E-state index in [9.17, 15) is 9.59 Å². The summed E-state index contributed by atoms with van der Waals surface area (Å²) in [6.07, 6.45) is 0. The number of Topliss-reactive ketones (excluding diaryl/α,β-unsaturated/α-hetero) is 1. The molecule has 0 spiro atoms. The van der Waals surface area contributed by atoms with Crippen molar-refractivity contribution in [2.45, 2.75) is 25.9 Å². The molecular formula is C26H22N4O2S. The van der Waals surface area contributed by atoms with Crippen LogP contribution in [-0.2, 0) is 0 Å². The van der Waals surface area contributed by atoms with E-state index in [4.69, 9.17) is 0 Å². The fourth-order valence-corrected chi connectivity index (χ4v) is 4.75. The van der Waals surface area contributed by atoms with Gasteiger partial charge in [0.1, 0.15) is 0 Å². The predicted molar refractivity (Wildman–Crippen MR) is 132 cm³/mol. The molecule has 164 valence electrons. The first-order valence-corrected chi connectivity index (χ1v) is 11.6. The van der Waals surface area contributed by atoms with Crippen LogP contribution in [0.4, 0.5) is 0 Å². The van der Waals surface area contributed by atoms with E-state index in [1.807, 2.05) is 91.9 Å². The van der Waals surface area contributed by atoms with Crippen molar-refractivity contribution in [3.63, 3.8) is 0 Å². The van der Waals surface area contributed by atoms with Gasteiger partial charge in [0.25, 0.3) is 5.56 Å². The lowest BCUT2D eigenvalue weighted by Crippen LogP contribution is -2.22. The number of carbonyl (C=O) groups excluding carboxylic acids is 1. The molecule has 0 aliphatic rings. The fraction of sp³-hybridized carbons (Fsp3) is 0.154. The Bertz CT molecular complexity index is 1580. The highest BCUT2D eigenvalue weighted by Gasteiger charge is 2.20. The van der Waals surface area contributed by atoms with E-state index in [1.165, 1.54) is 11.8 Å². The molecule has 0 aliphatic heterocycles. The standard InChI is InChI=1S/C26H22N4O2S/c1-16-11-13-19(14-12-16)23(31)15-33-26-28-27-25-29(21-10-6-7-17(2)18(21)3)24(32)20-8-4-5-9-22(20)30(25)26/h4-14H,15H2,1-3H3. The molecule has 0 bridgehead atoms. The Balaban J connectivity index is 1.66. The second kappa shape index (κ2) is 8.33. The molecule has 0 atom stereocenters. The van der Waals surface area contributed by atoms with Crippen molar-refractivity contribution < 1.29 is 4.79 Å². The van der Waals surface area contributed by atoms with Crippen LogP contribution in [0.2, 0.25) is 0 Å².